The van der Waals surface area contributed by atoms with Crippen LogP contribution in [0.4, 0.5) is 0 Å². The largest absolute Gasteiger partial charge is 0.390 e. The van der Waals surface area contributed by atoms with Gasteiger partial charge in [0.2, 0.25) is 10.0 Å². The Morgan fingerprint density at radius 2 is 2.17 bits per heavy atom. The Bertz CT molecular complexity index is 479. The first-order valence-corrected chi connectivity index (χ1v) is 7.22. The molecule has 0 saturated heterocycles. The van der Waals surface area contributed by atoms with E-state index < -0.39 is 10.0 Å². The standard InChI is InChI=1S/C11H20N2O4S/c1-9(2)17-5-4-12-18(15,16)11-6-10(8-14)13(3)7-11/h6-7,9,12,14H,4-5,8H2,1-3H3. The first kappa shape index (κ1) is 15.2. The predicted molar refractivity (Wildman–Crippen MR) is 67.6 cm³/mol. The second kappa shape index (κ2) is 6.33. The SMILES string of the molecule is CC(C)OCCNS(=O)(=O)c1cc(CO)n(C)c1. The van der Waals surface area contributed by atoms with E-state index in [-0.39, 0.29) is 24.2 Å². The second-order valence-corrected chi connectivity index (χ2v) is 6.02. The van der Waals surface area contributed by atoms with Crippen molar-refractivity contribution in [2.24, 2.45) is 7.05 Å². The van der Waals surface area contributed by atoms with Gasteiger partial charge in [0.15, 0.2) is 0 Å². The van der Waals surface area contributed by atoms with Crippen LogP contribution in [0, 0.1) is 0 Å². The number of rotatable bonds is 7. The highest BCUT2D eigenvalue weighted by Crippen LogP contribution is 2.12. The van der Waals surface area contributed by atoms with Crippen molar-refractivity contribution in [1.82, 2.24) is 9.29 Å². The summed E-state index contributed by atoms with van der Waals surface area (Å²) in [4.78, 5) is 0.151. The van der Waals surface area contributed by atoms with E-state index in [4.69, 9.17) is 9.84 Å². The van der Waals surface area contributed by atoms with E-state index in [9.17, 15) is 8.42 Å². The molecule has 18 heavy (non-hydrogen) atoms. The highest BCUT2D eigenvalue weighted by molar-refractivity contribution is 7.89. The number of hydrogen-bond donors (Lipinski definition) is 2. The highest BCUT2D eigenvalue weighted by atomic mass is 32.2. The molecule has 1 heterocycles. The molecular formula is C11H20N2O4S. The van der Waals surface area contributed by atoms with Crippen molar-refractivity contribution in [3.8, 4) is 0 Å². The molecule has 0 spiro atoms. The van der Waals surface area contributed by atoms with Crippen LogP contribution in [-0.4, -0.2) is 37.3 Å². The summed E-state index contributed by atoms with van der Waals surface area (Å²) in [6.07, 6.45) is 1.55. The number of aliphatic hydroxyl groups is 1. The monoisotopic (exact) mass is 276 g/mol. The third kappa shape index (κ3) is 4.09. The van der Waals surface area contributed by atoms with E-state index in [0.29, 0.717) is 12.3 Å². The predicted octanol–water partition coefficient (Wildman–Crippen LogP) is 0.221. The van der Waals surface area contributed by atoms with Gasteiger partial charge in [-0.2, -0.15) is 0 Å². The molecule has 1 aromatic heterocycles. The maximum Gasteiger partial charge on any atom is 0.242 e. The van der Waals surface area contributed by atoms with Gasteiger partial charge in [-0.1, -0.05) is 0 Å². The fourth-order valence-electron chi connectivity index (χ4n) is 1.44. The highest BCUT2D eigenvalue weighted by Gasteiger charge is 2.16. The topological polar surface area (TPSA) is 80.6 Å². The van der Waals surface area contributed by atoms with Crippen LogP contribution >= 0.6 is 0 Å². The molecular weight excluding hydrogens is 256 g/mol. The van der Waals surface area contributed by atoms with Gasteiger partial charge in [0.05, 0.1) is 24.2 Å². The number of sulfonamides is 1. The lowest BCUT2D eigenvalue weighted by molar-refractivity contribution is 0.0834. The van der Waals surface area contributed by atoms with Gasteiger partial charge in [0.1, 0.15) is 0 Å². The van der Waals surface area contributed by atoms with Crippen LogP contribution in [0.1, 0.15) is 19.5 Å². The lowest BCUT2D eigenvalue weighted by atomic mass is 10.5. The maximum atomic E-state index is 11.9. The van der Waals surface area contributed by atoms with E-state index in [1.165, 1.54) is 12.3 Å². The number of nitrogens with one attached hydrogen (secondary N) is 1. The molecule has 0 saturated carbocycles. The summed E-state index contributed by atoms with van der Waals surface area (Å²) in [5, 5.41) is 9.02. The minimum absolute atomic E-state index is 0.0761. The molecule has 0 aliphatic rings. The molecule has 0 amide bonds. The van der Waals surface area contributed by atoms with Crippen LogP contribution in [-0.2, 0) is 28.4 Å². The molecule has 0 aromatic carbocycles. The lowest BCUT2D eigenvalue weighted by Crippen LogP contribution is -2.28. The van der Waals surface area contributed by atoms with Crippen LogP contribution in [0.2, 0.25) is 0 Å². The number of hydrogen-bond acceptors (Lipinski definition) is 4. The van der Waals surface area contributed by atoms with E-state index in [1.54, 1.807) is 11.6 Å². The van der Waals surface area contributed by atoms with Crippen LogP contribution in [0.15, 0.2) is 17.2 Å². The van der Waals surface area contributed by atoms with Gasteiger partial charge in [0, 0.05) is 25.5 Å². The van der Waals surface area contributed by atoms with Crippen LogP contribution in [0.5, 0.6) is 0 Å². The van der Waals surface area contributed by atoms with Gasteiger partial charge in [-0.15, -0.1) is 0 Å². The van der Waals surface area contributed by atoms with Crippen LogP contribution < -0.4 is 4.72 Å². The average molecular weight is 276 g/mol. The third-order valence-electron chi connectivity index (χ3n) is 2.40. The number of aryl methyl sites for hydroxylation is 1. The molecule has 0 aliphatic heterocycles. The van der Waals surface area contributed by atoms with Crippen LogP contribution in [0.3, 0.4) is 0 Å². The van der Waals surface area contributed by atoms with E-state index >= 15 is 0 Å². The van der Waals surface area contributed by atoms with Crippen molar-refractivity contribution in [3.05, 3.63) is 18.0 Å². The number of aromatic nitrogens is 1. The molecule has 0 unspecified atom stereocenters. The van der Waals surface area contributed by atoms with Gasteiger partial charge >= 0.3 is 0 Å². The summed E-state index contributed by atoms with van der Waals surface area (Å²) in [6.45, 7) is 4.14. The van der Waals surface area contributed by atoms with Gasteiger partial charge in [-0.3, -0.25) is 0 Å². The quantitative estimate of drug-likeness (QED) is 0.698. The molecule has 0 atom stereocenters. The zero-order valence-corrected chi connectivity index (χ0v) is 11.7. The number of ether oxygens (including phenoxy) is 1. The third-order valence-corrected chi connectivity index (χ3v) is 3.83. The van der Waals surface area contributed by atoms with Gasteiger partial charge in [-0.05, 0) is 19.9 Å². The summed E-state index contributed by atoms with van der Waals surface area (Å²) < 4.78 is 33.1. The van der Waals surface area contributed by atoms with Crippen LogP contribution in [0.25, 0.3) is 0 Å². The fourth-order valence-corrected chi connectivity index (χ4v) is 2.54. The minimum atomic E-state index is -3.53. The molecule has 104 valence electrons. The molecule has 1 aromatic rings. The molecule has 0 bridgehead atoms. The summed E-state index contributed by atoms with van der Waals surface area (Å²) in [5.74, 6) is 0. The van der Waals surface area contributed by atoms with Gasteiger partial charge in [0.25, 0.3) is 0 Å². The Balaban J connectivity index is 2.62. The molecule has 7 heteroatoms. The Morgan fingerprint density at radius 3 is 2.67 bits per heavy atom. The maximum absolute atomic E-state index is 11.9. The molecule has 2 N–H and O–H groups in total. The van der Waals surface area contributed by atoms with E-state index in [1.807, 2.05) is 13.8 Å². The molecule has 1 rings (SSSR count). The van der Waals surface area contributed by atoms with Gasteiger partial charge in [-0.25, -0.2) is 13.1 Å². The van der Waals surface area contributed by atoms with Crippen molar-refractivity contribution in [3.63, 3.8) is 0 Å². The Morgan fingerprint density at radius 1 is 1.50 bits per heavy atom. The summed E-state index contributed by atoms with van der Waals surface area (Å²) in [7, 11) is -1.84. The Labute approximate surface area is 108 Å². The zero-order valence-electron chi connectivity index (χ0n) is 10.9. The first-order valence-electron chi connectivity index (χ1n) is 5.74. The zero-order chi connectivity index (χ0) is 13.8. The summed E-state index contributed by atoms with van der Waals surface area (Å²) in [6, 6.07) is 1.45. The summed E-state index contributed by atoms with van der Waals surface area (Å²) >= 11 is 0. The lowest BCUT2D eigenvalue weighted by Gasteiger charge is -2.08. The van der Waals surface area contributed by atoms with Crippen molar-refractivity contribution in [2.45, 2.75) is 31.5 Å². The molecule has 0 fully saturated rings. The molecule has 6 nitrogen and oxygen atoms in total. The van der Waals surface area contributed by atoms with Gasteiger partial charge < -0.3 is 14.4 Å². The Hall–Kier alpha value is -0.890. The molecule has 0 radical (unpaired) electrons. The normalized spacial score (nSPS) is 12.3. The van der Waals surface area contributed by atoms with Crippen molar-refractivity contribution in [1.29, 1.82) is 0 Å². The number of aliphatic hydroxyl groups excluding tert-OH is 1. The van der Waals surface area contributed by atoms with Crippen molar-refractivity contribution in [2.75, 3.05) is 13.2 Å². The minimum Gasteiger partial charge on any atom is -0.390 e. The number of nitrogens with zero attached hydrogens (tertiary/aromatic N) is 1. The van der Waals surface area contributed by atoms with Crippen molar-refractivity contribution < 1.29 is 18.3 Å². The first-order chi connectivity index (χ1) is 8.36. The Kier molecular flexibility index (Phi) is 5.33. The fraction of sp³-hybridized carbons (Fsp3) is 0.636. The second-order valence-electron chi connectivity index (χ2n) is 4.25. The van der Waals surface area contributed by atoms with Crippen molar-refractivity contribution >= 4 is 10.0 Å². The summed E-state index contributed by atoms with van der Waals surface area (Å²) in [5.41, 5.74) is 0.550. The average Bonchev–Trinajstić information content (AvgIpc) is 2.66. The smallest absolute Gasteiger partial charge is 0.242 e. The van der Waals surface area contributed by atoms with E-state index in [2.05, 4.69) is 4.72 Å². The molecule has 0 aliphatic carbocycles. The van der Waals surface area contributed by atoms with E-state index in [0.717, 1.165) is 0 Å².